The standard InChI is InChI=1S/C25H34O/c1-24-14-12-18(17-6-4-3-5-7-17)16-19(24)8-9-20-21-10-11-23(26)25(21,2)15-13-22(20)24/h3-7,12,19-23,26H,8-11,13-16H2,1-2H3/t19-,20-,21+,22+,23+,24+,25+/m1/s1. The van der Waals surface area contributed by atoms with Crippen LogP contribution in [0.5, 0.6) is 0 Å². The molecule has 1 N–H and O–H groups in total. The zero-order chi connectivity index (χ0) is 17.9. The second kappa shape index (κ2) is 5.96. The molecule has 1 nitrogen and oxygen atoms in total. The summed E-state index contributed by atoms with van der Waals surface area (Å²) in [7, 11) is 0. The van der Waals surface area contributed by atoms with Gasteiger partial charge in [0, 0.05) is 0 Å². The first-order valence-corrected chi connectivity index (χ1v) is 10.9. The Labute approximate surface area is 158 Å². The normalized spacial score (nSPS) is 47.5. The summed E-state index contributed by atoms with van der Waals surface area (Å²) in [6.45, 7) is 5.01. The molecule has 0 spiro atoms. The topological polar surface area (TPSA) is 20.2 Å². The molecule has 7 atom stereocenters. The molecule has 0 bridgehead atoms. The highest BCUT2D eigenvalue weighted by molar-refractivity contribution is 5.66. The lowest BCUT2D eigenvalue weighted by atomic mass is 9.45. The zero-order valence-corrected chi connectivity index (χ0v) is 16.5. The molecule has 0 aromatic heterocycles. The Bertz CT molecular complexity index is 706. The van der Waals surface area contributed by atoms with Crippen molar-refractivity contribution in [1.29, 1.82) is 0 Å². The average Bonchev–Trinajstić information content (AvgIpc) is 2.97. The lowest BCUT2D eigenvalue weighted by Gasteiger charge is -2.59. The maximum Gasteiger partial charge on any atom is 0.0596 e. The molecule has 0 radical (unpaired) electrons. The van der Waals surface area contributed by atoms with Crippen LogP contribution in [0.2, 0.25) is 0 Å². The van der Waals surface area contributed by atoms with Gasteiger partial charge in [-0.15, -0.1) is 0 Å². The largest absolute Gasteiger partial charge is 0.393 e. The molecule has 4 aliphatic rings. The van der Waals surface area contributed by atoms with Crippen molar-refractivity contribution in [2.24, 2.45) is 34.5 Å². The maximum absolute atomic E-state index is 10.6. The number of aliphatic hydroxyl groups excluding tert-OH is 1. The van der Waals surface area contributed by atoms with Crippen molar-refractivity contribution in [3.8, 4) is 0 Å². The summed E-state index contributed by atoms with van der Waals surface area (Å²) in [5.41, 5.74) is 3.72. The molecule has 0 unspecified atom stereocenters. The van der Waals surface area contributed by atoms with E-state index >= 15 is 0 Å². The number of aliphatic hydroxyl groups is 1. The first-order valence-electron chi connectivity index (χ1n) is 10.9. The van der Waals surface area contributed by atoms with Gasteiger partial charge < -0.3 is 5.11 Å². The molecule has 140 valence electrons. The molecule has 26 heavy (non-hydrogen) atoms. The highest BCUT2D eigenvalue weighted by Gasteiger charge is 2.59. The van der Waals surface area contributed by atoms with Crippen LogP contribution in [0.4, 0.5) is 0 Å². The van der Waals surface area contributed by atoms with E-state index in [1.165, 1.54) is 50.5 Å². The lowest BCUT2D eigenvalue weighted by molar-refractivity contribution is -0.108. The fraction of sp³-hybridized carbons (Fsp3) is 0.680. The molecule has 4 aliphatic carbocycles. The number of fused-ring (bicyclic) bond motifs is 5. The van der Waals surface area contributed by atoms with Gasteiger partial charge in [0.2, 0.25) is 0 Å². The molecule has 3 saturated carbocycles. The van der Waals surface area contributed by atoms with Crippen LogP contribution in [0.1, 0.15) is 70.8 Å². The van der Waals surface area contributed by atoms with Gasteiger partial charge in [0.25, 0.3) is 0 Å². The van der Waals surface area contributed by atoms with E-state index in [0.29, 0.717) is 5.41 Å². The summed E-state index contributed by atoms with van der Waals surface area (Å²) in [6.07, 6.45) is 12.8. The van der Waals surface area contributed by atoms with Crippen LogP contribution < -0.4 is 0 Å². The van der Waals surface area contributed by atoms with Gasteiger partial charge in [-0.3, -0.25) is 0 Å². The third-order valence-electron chi connectivity index (χ3n) is 9.41. The fourth-order valence-corrected chi connectivity index (χ4v) is 7.74. The molecular formula is C25H34O. The quantitative estimate of drug-likeness (QED) is 0.650. The summed E-state index contributed by atoms with van der Waals surface area (Å²) in [5.74, 6) is 3.35. The highest BCUT2D eigenvalue weighted by atomic mass is 16.3. The van der Waals surface area contributed by atoms with Gasteiger partial charge in [-0.05, 0) is 97.0 Å². The van der Waals surface area contributed by atoms with Crippen molar-refractivity contribution in [2.45, 2.75) is 71.3 Å². The van der Waals surface area contributed by atoms with Crippen LogP contribution in [0.15, 0.2) is 36.4 Å². The molecule has 0 amide bonds. The van der Waals surface area contributed by atoms with Crippen LogP contribution in [-0.4, -0.2) is 11.2 Å². The van der Waals surface area contributed by atoms with Gasteiger partial charge in [0.1, 0.15) is 0 Å². The van der Waals surface area contributed by atoms with Gasteiger partial charge >= 0.3 is 0 Å². The lowest BCUT2D eigenvalue weighted by Crippen LogP contribution is -2.53. The van der Waals surface area contributed by atoms with Crippen LogP contribution in [0.25, 0.3) is 5.57 Å². The van der Waals surface area contributed by atoms with Crippen molar-refractivity contribution in [3.05, 3.63) is 42.0 Å². The van der Waals surface area contributed by atoms with Crippen molar-refractivity contribution >= 4 is 5.57 Å². The monoisotopic (exact) mass is 350 g/mol. The van der Waals surface area contributed by atoms with Crippen LogP contribution in [-0.2, 0) is 0 Å². The van der Waals surface area contributed by atoms with Gasteiger partial charge in [0.05, 0.1) is 6.10 Å². The minimum absolute atomic E-state index is 0.0464. The van der Waals surface area contributed by atoms with Crippen LogP contribution in [0, 0.1) is 34.5 Å². The molecule has 1 aromatic carbocycles. The Morgan fingerprint density at radius 2 is 1.65 bits per heavy atom. The van der Waals surface area contributed by atoms with Crippen molar-refractivity contribution in [3.63, 3.8) is 0 Å². The Hall–Kier alpha value is -1.08. The van der Waals surface area contributed by atoms with E-state index in [9.17, 15) is 5.11 Å². The maximum atomic E-state index is 10.6. The molecule has 0 saturated heterocycles. The van der Waals surface area contributed by atoms with E-state index in [2.05, 4.69) is 50.3 Å². The summed E-state index contributed by atoms with van der Waals surface area (Å²) >= 11 is 0. The molecule has 0 aliphatic heterocycles. The van der Waals surface area contributed by atoms with Crippen LogP contribution >= 0.6 is 0 Å². The van der Waals surface area contributed by atoms with Gasteiger partial charge in [-0.1, -0.05) is 50.3 Å². The van der Waals surface area contributed by atoms with E-state index in [1.807, 2.05) is 0 Å². The minimum atomic E-state index is -0.0464. The molecular weight excluding hydrogens is 316 g/mol. The Balaban J connectivity index is 1.43. The second-order valence-electron chi connectivity index (χ2n) is 10.3. The number of hydrogen-bond acceptors (Lipinski definition) is 1. The predicted octanol–water partition coefficient (Wildman–Crippen LogP) is 6.08. The molecule has 5 rings (SSSR count). The van der Waals surface area contributed by atoms with Gasteiger partial charge in [-0.25, -0.2) is 0 Å². The number of hydrogen-bond donors (Lipinski definition) is 1. The third kappa shape index (κ3) is 2.32. The first-order chi connectivity index (χ1) is 12.5. The number of rotatable bonds is 1. The molecule has 3 fully saturated rings. The summed E-state index contributed by atoms with van der Waals surface area (Å²) in [6, 6.07) is 11.0. The smallest absolute Gasteiger partial charge is 0.0596 e. The summed E-state index contributed by atoms with van der Waals surface area (Å²) < 4.78 is 0. The molecule has 1 heteroatoms. The van der Waals surface area contributed by atoms with Crippen molar-refractivity contribution in [2.75, 3.05) is 0 Å². The molecule has 1 aromatic rings. The van der Waals surface area contributed by atoms with E-state index in [0.717, 1.165) is 30.1 Å². The molecule has 0 heterocycles. The van der Waals surface area contributed by atoms with Crippen molar-refractivity contribution in [1.82, 2.24) is 0 Å². The van der Waals surface area contributed by atoms with E-state index < -0.39 is 0 Å². The SMILES string of the molecule is C[C@]12CC=C(c3ccccc3)C[C@H]1CC[C@H]1[C@@H]2CC[C@]2(C)[C@@H](O)CC[C@@H]12. The summed E-state index contributed by atoms with van der Waals surface area (Å²) in [5, 5.41) is 10.6. The number of allylic oxidation sites excluding steroid dienone is 2. The third-order valence-corrected chi connectivity index (χ3v) is 9.41. The first kappa shape index (κ1) is 17.0. The minimum Gasteiger partial charge on any atom is -0.393 e. The number of benzene rings is 1. The highest BCUT2D eigenvalue weighted by Crippen LogP contribution is 2.66. The van der Waals surface area contributed by atoms with E-state index in [4.69, 9.17) is 0 Å². The predicted molar refractivity (Wildman–Crippen MR) is 108 cm³/mol. The fourth-order valence-electron chi connectivity index (χ4n) is 7.74. The van der Waals surface area contributed by atoms with Crippen LogP contribution in [0.3, 0.4) is 0 Å². The second-order valence-corrected chi connectivity index (χ2v) is 10.3. The summed E-state index contributed by atoms with van der Waals surface area (Å²) in [4.78, 5) is 0. The Kier molecular flexibility index (Phi) is 3.91. The van der Waals surface area contributed by atoms with E-state index in [-0.39, 0.29) is 11.5 Å². The van der Waals surface area contributed by atoms with E-state index in [1.54, 1.807) is 5.57 Å². The van der Waals surface area contributed by atoms with Crippen molar-refractivity contribution < 1.29 is 5.11 Å². The average molecular weight is 351 g/mol. The van der Waals surface area contributed by atoms with Gasteiger partial charge in [0.15, 0.2) is 0 Å². The van der Waals surface area contributed by atoms with Gasteiger partial charge in [-0.2, -0.15) is 0 Å². The zero-order valence-electron chi connectivity index (χ0n) is 16.5. The Morgan fingerprint density at radius 3 is 2.46 bits per heavy atom. The Morgan fingerprint density at radius 1 is 0.885 bits per heavy atom.